The minimum Gasteiger partial charge on any atom is -0.497 e. The van der Waals surface area contributed by atoms with Gasteiger partial charge in [-0.15, -0.1) is 0 Å². The number of carbonyl (C=O) groups excluding carboxylic acids is 1. The van der Waals surface area contributed by atoms with Crippen molar-refractivity contribution in [3.05, 3.63) is 29.8 Å². The van der Waals surface area contributed by atoms with Gasteiger partial charge >= 0.3 is 0 Å². The minimum absolute atomic E-state index is 0.196. The second kappa shape index (κ2) is 5.13. The van der Waals surface area contributed by atoms with Crippen LogP contribution >= 0.6 is 0 Å². The SMILES string of the molecule is COc1cccc(CC2CCC(C)(C)CC2=O)c1. The van der Waals surface area contributed by atoms with E-state index in [2.05, 4.69) is 19.9 Å². The molecule has 0 spiro atoms. The third-order valence-corrected chi connectivity index (χ3v) is 3.89. The van der Waals surface area contributed by atoms with Crippen molar-refractivity contribution >= 4 is 5.78 Å². The van der Waals surface area contributed by atoms with Gasteiger partial charge in [0.15, 0.2) is 0 Å². The summed E-state index contributed by atoms with van der Waals surface area (Å²) in [5, 5.41) is 0. The number of hydrogen-bond donors (Lipinski definition) is 0. The molecule has 0 bridgehead atoms. The van der Waals surface area contributed by atoms with Crippen molar-refractivity contribution < 1.29 is 9.53 Å². The van der Waals surface area contributed by atoms with Crippen LogP contribution in [0.3, 0.4) is 0 Å². The normalized spacial score (nSPS) is 22.8. The van der Waals surface area contributed by atoms with E-state index in [9.17, 15) is 4.79 Å². The molecule has 1 fully saturated rings. The first-order chi connectivity index (χ1) is 8.50. The molecular weight excluding hydrogens is 224 g/mol. The van der Waals surface area contributed by atoms with Gasteiger partial charge in [-0.3, -0.25) is 4.79 Å². The quantitative estimate of drug-likeness (QED) is 0.814. The van der Waals surface area contributed by atoms with Crippen LogP contribution in [0.15, 0.2) is 24.3 Å². The van der Waals surface area contributed by atoms with Crippen LogP contribution in [0.4, 0.5) is 0 Å². The lowest BCUT2D eigenvalue weighted by Crippen LogP contribution is -2.31. The van der Waals surface area contributed by atoms with Crippen molar-refractivity contribution in [1.29, 1.82) is 0 Å². The van der Waals surface area contributed by atoms with Crippen molar-refractivity contribution in [2.24, 2.45) is 11.3 Å². The molecule has 2 nitrogen and oxygen atoms in total. The molecule has 0 heterocycles. The van der Waals surface area contributed by atoms with Gasteiger partial charge in [0, 0.05) is 12.3 Å². The number of Topliss-reactive ketones (excluding diaryl/α,β-unsaturated/α-hetero) is 1. The fourth-order valence-corrected chi connectivity index (χ4v) is 2.73. The highest BCUT2D eigenvalue weighted by Gasteiger charge is 2.33. The molecule has 2 heteroatoms. The fraction of sp³-hybridized carbons (Fsp3) is 0.562. The maximum absolute atomic E-state index is 12.1. The van der Waals surface area contributed by atoms with E-state index in [0.29, 0.717) is 5.78 Å². The first-order valence-electron chi connectivity index (χ1n) is 6.66. The maximum Gasteiger partial charge on any atom is 0.136 e. The molecule has 0 saturated heterocycles. The van der Waals surface area contributed by atoms with Gasteiger partial charge in [-0.1, -0.05) is 26.0 Å². The summed E-state index contributed by atoms with van der Waals surface area (Å²) < 4.78 is 5.22. The monoisotopic (exact) mass is 246 g/mol. The molecule has 0 N–H and O–H groups in total. The number of carbonyl (C=O) groups is 1. The number of ketones is 1. The number of methoxy groups -OCH3 is 1. The zero-order chi connectivity index (χ0) is 13.2. The summed E-state index contributed by atoms with van der Waals surface area (Å²) in [6, 6.07) is 8.04. The summed E-state index contributed by atoms with van der Waals surface area (Å²) in [6.45, 7) is 4.37. The molecule has 18 heavy (non-hydrogen) atoms. The average Bonchev–Trinajstić information content (AvgIpc) is 2.32. The molecule has 0 radical (unpaired) electrons. The van der Waals surface area contributed by atoms with E-state index < -0.39 is 0 Å². The summed E-state index contributed by atoms with van der Waals surface area (Å²) in [5.74, 6) is 1.50. The summed E-state index contributed by atoms with van der Waals surface area (Å²) in [7, 11) is 1.67. The summed E-state index contributed by atoms with van der Waals surface area (Å²) >= 11 is 0. The molecule has 1 aromatic rings. The van der Waals surface area contributed by atoms with Crippen LogP contribution in [0.5, 0.6) is 5.75 Å². The summed E-state index contributed by atoms with van der Waals surface area (Å²) in [6.07, 6.45) is 3.74. The molecule has 1 unspecified atom stereocenters. The standard InChI is InChI=1S/C16H22O2/c1-16(2)8-7-13(15(17)11-16)9-12-5-4-6-14(10-12)18-3/h4-6,10,13H,7-9,11H2,1-3H3. The predicted molar refractivity (Wildman–Crippen MR) is 72.8 cm³/mol. The van der Waals surface area contributed by atoms with Crippen molar-refractivity contribution in [2.75, 3.05) is 7.11 Å². The molecule has 1 aliphatic rings. The second-order valence-corrected chi connectivity index (χ2v) is 6.10. The molecule has 1 atom stereocenters. The molecule has 1 aromatic carbocycles. The Morgan fingerprint density at radius 1 is 1.39 bits per heavy atom. The van der Waals surface area contributed by atoms with Crippen LogP contribution in [0.2, 0.25) is 0 Å². The topological polar surface area (TPSA) is 26.3 Å². The maximum atomic E-state index is 12.1. The van der Waals surface area contributed by atoms with Gasteiger partial charge in [0.2, 0.25) is 0 Å². The van der Waals surface area contributed by atoms with Crippen molar-refractivity contribution in [1.82, 2.24) is 0 Å². The van der Waals surface area contributed by atoms with Crippen LogP contribution in [0.1, 0.15) is 38.7 Å². The van der Waals surface area contributed by atoms with E-state index in [0.717, 1.165) is 31.4 Å². The van der Waals surface area contributed by atoms with Gasteiger partial charge in [-0.2, -0.15) is 0 Å². The Kier molecular flexibility index (Phi) is 3.74. The van der Waals surface area contributed by atoms with Gasteiger partial charge in [-0.25, -0.2) is 0 Å². The van der Waals surface area contributed by atoms with Crippen LogP contribution in [0.25, 0.3) is 0 Å². The fourth-order valence-electron chi connectivity index (χ4n) is 2.73. The van der Waals surface area contributed by atoms with Crippen LogP contribution in [-0.2, 0) is 11.2 Å². The third-order valence-electron chi connectivity index (χ3n) is 3.89. The Hall–Kier alpha value is -1.31. The van der Waals surface area contributed by atoms with Crippen LogP contribution in [0, 0.1) is 11.3 Å². The highest BCUT2D eigenvalue weighted by molar-refractivity contribution is 5.82. The first-order valence-corrected chi connectivity index (χ1v) is 6.66. The zero-order valence-electron chi connectivity index (χ0n) is 11.5. The van der Waals surface area contributed by atoms with E-state index >= 15 is 0 Å². The van der Waals surface area contributed by atoms with Gasteiger partial charge in [0.1, 0.15) is 11.5 Å². The molecule has 2 rings (SSSR count). The Balaban J connectivity index is 2.03. The number of hydrogen-bond acceptors (Lipinski definition) is 2. The largest absolute Gasteiger partial charge is 0.497 e. The number of ether oxygens (including phenoxy) is 1. The first kappa shape index (κ1) is 13.1. The molecule has 98 valence electrons. The van der Waals surface area contributed by atoms with E-state index in [1.807, 2.05) is 18.2 Å². The number of rotatable bonds is 3. The molecule has 1 saturated carbocycles. The second-order valence-electron chi connectivity index (χ2n) is 6.10. The smallest absolute Gasteiger partial charge is 0.136 e. The lowest BCUT2D eigenvalue weighted by atomic mass is 9.71. The van der Waals surface area contributed by atoms with Gasteiger partial charge in [-0.05, 0) is 42.4 Å². The van der Waals surface area contributed by atoms with Crippen molar-refractivity contribution in [3.8, 4) is 5.75 Å². The van der Waals surface area contributed by atoms with E-state index in [-0.39, 0.29) is 11.3 Å². The van der Waals surface area contributed by atoms with Gasteiger partial charge in [0.25, 0.3) is 0 Å². The van der Waals surface area contributed by atoms with Crippen LogP contribution in [-0.4, -0.2) is 12.9 Å². The Bertz CT molecular complexity index is 434. The van der Waals surface area contributed by atoms with Crippen molar-refractivity contribution in [2.45, 2.75) is 39.5 Å². The number of benzene rings is 1. The molecule has 0 aliphatic heterocycles. The lowest BCUT2D eigenvalue weighted by Gasteiger charge is -2.33. The lowest BCUT2D eigenvalue weighted by molar-refractivity contribution is -0.127. The van der Waals surface area contributed by atoms with Gasteiger partial charge in [0.05, 0.1) is 7.11 Å². The average molecular weight is 246 g/mol. The minimum atomic E-state index is 0.196. The Morgan fingerprint density at radius 2 is 2.17 bits per heavy atom. The van der Waals surface area contributed by atoms with Crippen molar-refractivity contribution in [3.63, 3.8) is 0 Å². The molecule has 0 aromatic heterocycles. The highest BCUT2D eigenvalue weighted by atomic mass is 16.5. The molecular formula is C16H22O2. The van der Waals surface area contributed by atoms with E-state index in [4.69, 9.17) is 4.74 Å². The molecule has 1 aliphatic carbocycles. The third kappa shape index (κ3) is 3.12. The van der Waals surface area contributed by atoms with E-state index in [1.165, 1.54) is 5.56 Å². The van der Waals surface area contributed by atoms with Crippen LogP contribution < -0.4 is 4.74 Å². The summed E-state index contributed by atoms with van der Waals surface area (Å²) in [4.78, 5) is 12.1. The zero-order valence-corrected chi connectivity index (χ0v) is 11.5. The summed E-state index contributed by atoms with van der Waals surface area (Å²) in [5.41, 5.74) is 1.40. The highest BCUT2D eigenvalue weighted by Crippen LogP contribution is 2.37. The van der Waals surface area contributed by atoms with Gasteiger partial charge < -0.3 is 4.74 Å². The predicted octanol–water partition coefficient (Wildman–Crippen LogP) is 3.63. The Morgan fingerprint density at radius 3 is 2.83 bits per heavy atom. The van der Waals surface area contributed by atoms with E-state index in [1.54, 1.807) is 7.11 Å². The molecule has 0 amide bonds. The Labute approximate surface area is 109 Å².